The number of hydrogen-bond donors (Lipinski definition) is 3. The molecule has 0 radical (unpaired) electrons. The molecule has 3 aromatic carbocycles. The van der Waals surface area contributed by atoms with Gasteiger partial charge in [0, 0.05) is 24.0 Å². The topological polar surface area (TPSA) is 120 Å². The highest BCUT2D eigenvalue weighted by atomic mass is 16.7. The Labute approximate surface area is 244 Å². The third-order valence-corrected chi connectivity index (χ3v) is 6.53. The fourth-order valence-electron chi connectivity index (χ4n) is 4.32. The Morgan fingerprint density at radius 1 is 0.780 bits per heavy atom. The number of aromatic hydroxyl groups is 2. The molecule has 41 heavy (non-hydrogen) atoms. The number of benzene rings is 3. The lowest BCUT2D eigenvalue weighted by atomic mass is 9.79. The summed E-state index contributed by atoms with van der Waals surface area (Å²) in [7, 11) is 4.39. The molecule has 1 heterocycles. The van der Waals surface area contributed by atoms with Crippen LogP contribution in [0.25, 0.3) is 0 Å². The first kappa shape index (κ1) is 24.2. The minimum absolute atomic E-state index is 0.0670. The van der Waals surface area contributed by atoms with Crippen LogP contribution < -0.4 is 19.0 Å². The molecule has 1 aromatic heterocycles. The van der Waals surface area contributed by atoms with Gasteiger partial charge in [-0.1, -0.05) is 36.8 Å². The van der Waals surface area contributed by atoms with E-state index in [9.17, 15) is 20.1 Å². The number of methoxy groups -OCH3 is 3. The Hall–Kier alpha value is -4.63. The molecule has 0 aliphatic heterocycles. The van der Waals surface area contributed by atoms with Crippen molar-refractivity contribution in [1.82, 2.24) is 4.73 Å². The van der Waals surface area contributed by atoms with Gasteiger partial charge in [0.25, 0.3) is 0 Å². The van der Waals surface area contributed by atoms with Gasteiger partial charge in [0.05, 0.1) is 21.3 Å². The summed E-state index contributed by atoms with van der Waals surface area (Å²) in [6.07, 6.45) is -6.01. The maximum absolute atomic E-state index is 12.4. The van der Waals surface area contributed by atoms with E-state index in [-0.39, 0.29) is 29.7 Å². The predicted octanol–water partition coefficient (Wildman–Crippen LogP) is 4.97. The number of rotatable bonds is 13. The van der Waals surface area contributed by atoms with E-state index in [1.54, 1.807) is 54.6 Å². The van der Waals surface area contributed by atoms with Gasteiger partial charge in [-0.2, -0.15) is 0 Å². The van der Waals surface area contributed by atoms with Crippen LogP contribution in [0.2, 0.25) is 0 Å². The second-order valence-corrected chi connectivity index (χ2v) is 9.05. The van der Waals surface area contributed by atoms with Crippen molar-refractivity contribution in [2.75, 3.05) is 21.3 Å². The molecule has 4 rings (SSSR count). The summed E-state index contributed by atoms with van der Waals surface area (Å²) in [4.78, 5) is 17.2. The molecule has 9 nitrogen and oxygen atoms in total. The van der Waals surface area contributed by atoms with Crippen molar-refractivity contribution in [3.63, 3.8) is 0 Å². The van der Waals surface area contributed by atoms with Crippen LogP contribution in [0.4, 0.5) is 0 Å². The number of aliphatic hydroxyl groups is 1. The van der Waals surface area contributed by atoms with E-state index in [4.69, 9.17) is 24.5 Å². The zero-order chi connectivity index (χ0) is 33.0. The van der Waals surface area contributed by atoms with Gasteiger partial charge in [-0.25, -0.2) is 4.79 Å². The van der Waals surface area contributed by atoms with Gasteiger partial charge in [0.15, 0.2) is 0 Å². The molecule has 216 valence electrons. The molecule has 3 N–H and O–H groups in total. The second-order valence-electron chi connectivity index (χ2n) is 9.05. The molecule has 0 aliphatic rings. The third kappa shape index (κ3) is 6.58. The molecule has 0 amide bonds. The van der Waals surface area contributed by atoms with Crippen molar-refractivity contribution in [2.24, 2.45) is 0 Å². The number of aryl methyl sites for hydroxylation is 1. The Kier molecular flexibility index (Phi) is 7.76. The average molecular weight is 566 g/mol. The van der Waals surface area contributed by atoms with Crippen LogP contribution in [-0.2, 0) is 16.8 Å². The first-order chi connectivity index (χ1) is 21.3. The van der Waals surface area contributed by atoms with Crippen molar-refractivity contribution in [2.45, 2.75) is 37.6 Å². The van der Waals surface area contributed by atoms with Gasteiger partial charge in [-0.05, 0) is 77.8 Å². The molecular formula is C32H35NO8. The fraction of sp³-hybridized carbons (Fsp3) is 0.281. The van der Waals surface area contributed by atoms with Crippen molar-refractivity contribution in [1.29, 1.82) is 0 Å². The number of hydrogen-bond acceptors (Lipinski definition) is 8. The molecule has 0 saturated heterocycles. The monoisotopic (exact) mass is 565 g/mol. The zero-order valence-electron chi connectivity index (χ0n) is 27.0. The normalized spacial score (nSPS) is 13.4. The third-order valence-electron chi connectivity index (χ3n) is 6.53. The highest BCUT2D eigenvalue weighted by Crippen LogP contribution is 2.40. The molecule has 4 aromatic rings. The van der Waals surface area contributed by atoms with Crippen LogP contribution in [0.3, 0.4) is 0 Å². The van der Waals surface area contributed by atoms with Crippen LogP contribution >= 0.6 is 0 Å². The summed E-state index contributed by atoms with van der Waals surface area (Å²) in [5, 5.41) is 31.8. The van der Waals surface area contributed by atoms with Crippen LogP contribution in [0.1, 0.15) is 53.4 Å². The Morgan fingerprint density at radius 3 is 1.83 bits per heavy atom. The number of ether oxygens (including phenoxy) is 3. The van der Waals surface area contributed by atoms with Crippen LogP contribution in [0.15, 0.2) is 78.9 Å². The predicted molar refractivity (Wildman–Crippen MR) is 153 cm³/mol. The summed E-state index contributed by atoms with van der Waals surface area (Å²) in [6.45, 7) is 0. The van der Waals surface area contributed by atoms with Crippen molar-refractivity contribution < 1.29 is 44.6 Å². The SMILES string of the molecule is [2H]C([2H])(CCCC(=O)On1c(O)ccc1O)C([2H])([2H])c1cc(C(O)(c2ccc(OC)cc2)c2ccc(OC)cc2)ccc1OC. The molecule has 0 unspecified atom stereocenters. The molecule has 0 fully saturated rings. The van der Waals surface area contributed by atoms with Crippen molar-refractivity contribution in [3.8, 4) is 29.0 Å². The standard InChI is InChI=1S/C32H35NO8/c1-38-26-14-9-23(10-15-26)32(37,24-11-16-27(39-2)17-12-24)25-13-18-28(40-3)22(21-25)7-5-4-6-8-31(36)41-33-29(34)19-20-30(33)35/h9-21,34-35,37H,4-8H2,1-3H3/i5D2,7D2. The molecule has 0 aliphatic carbocycles. The largest absolute Gasteiger partial charge is 0.497 e. The molecule has 0 spiro atoms. The summed E-state index contributed by atoms with van der Waals surface area (Å²) in [5.74, 6) is -0.648. The van der Waals surface area contributed by atoms with E-state index in [1.807, 2.05) is 0 Å². The summed E-state index contributed by atoms with van der Waals surface area (Å²) >= 11 is 0. The van der Waals surface area contributed by atoms with Gasteiger partial charge < -0.3 is 34.4 Å². The van der Waals surface area contributed by atoms with Gasteiger partial charge in [0.1, 0.15) is 22.8 Å². The first-order valence-electron chi connectivity index (χ1n) is 14.8. The minimum Gasteiger partial charge on any atom is -0.497 e. The fourth-order valence-corrected chi connectivity index (χ4v) is 4.32. The quantitative estimate of drug-likeness (QED) is 0.195. The average Bonchev–Trinajstić information content (AvgIpc) is 3.36. The van der Waals surface area contributed by atoms with E-state index in [1.165, 1.54) is 33.5 Å². The lowest BCUT2D eigenvalue weighted by molar-refractivity contribution is -0.145. The zero-order valence-corrected chi connectivity index (χ0v) is 23.0. The Bertz CT molecular complexity index is 1550. The highest BCUT2D eigenvalue weighted by Gasteiger charge is 2.34. The second kappa shape index (κ2) is 13.1. The van der Waals surface area contributed by atoms with Gasteiger partial charge in [-0.3, -0.25) is 0 Å². The van der Waals surface area contributed by atoms with Crippen LogP contribution in [0, 0.1) is 0 Å². The summed E-state index contributed by atoms with van der Waals surface area (Å²) < 4.78 is 51.8. The number of aromatic nitrogens is 1. The molecule has 0 bridgehead atoms. The molecule has 0 atom stereocenters. The van der Waals surface area contributed by atoms with Gasteiger partial charge in [0.2, 0.25) is 11.8 Å². The Morgan fingerprint density at radius 2 is 1.32 bits per heavy atom. The summed E-state index contributed by atoms with van der Waals surface area (Å²) in [6, 6.07) is 20.2. The smallest absolute Gasteiger partial charge is 0.333 e. The van der Waals surface area contributed by atoms with E-state index >= 15 is 0 Å². The Balaban J connectivity index is 1.68. The lowest BCUT2D eigenvalue weighted by Crippen LogP contribution is -2.29. The highest BCUT2D eigenvalue weighted by molar-refractivity contribution is 5.69. The van der Waals surface area contributed by atoms with Crippen molar-refractivity contribution >= 4 is 5.97 Å². The first-order valence-corrected chi connectivity index (χ1v) is 12.8. The van der Waals surface area contributed by atoms with Crippen LogP contribution in [0.5, 0.6) is 29.0 Å². The molecular weight excluding hydrogens is 526 g/mol. The van der Waals surface area contributed by atoms with Gasteiger partial charge >= 0.3 is 5.97 Å². The maximum Gasteiger partial charge on any atom is 0.333 e. The van der Waals surface area contributed by atoms with E-state index in [2.05, 4.69) is 0 Å². The van der Waals surface area contributed by atoms with Gasteiger partial charge in [-0.15, -0.1) is 4.73 Å². The lowest BCUT2D eigenvalue weighted by Gasteiger charge is -2.31. The van der Waals surface area contributed by atoms with E-state index in [0.717, 1.165) is 12.1 Å². The van der Waals surface area contributed by atoms with Crippen molar-refractivity contribution in [3.05, 3.63) is 101 Å². The maximum atomic E-state index is 12.4. The van der Waals surface area contributed by atoms with E-state index < -0.39 is 42.5 Å². The number of nitrogens with zero attached hydrogens (tertiary/aromatic N) is 1. The number of carbonyl (C=O) groups excluding carboxylic acids is 1. The van der Waals surface area contributed by atoms with E-state index in [0.29, 0.717) is 27.4 Å². The minimum atomic E-state index is -2.66. The summed E-state index contributed by atoms with van der Waals surface area (Å²) in [5.41, 5.74) is -0.791. The molecule has 0 saturated carbocycles. The molecule has 9 heteroatoms. The number of carbonyl (C=O) groups is 1. The van der Waals surface area contributed by atoms with Crippen LogP contribution in [-0.4, -0.2) is 47.3 Å².